The van der Waals surface area contributed by atoms with Crippen molar-refractivity contribution in [3.05, 3.63) is 98.5 Å². The lowest BCUT2D eigenvalue weighted by Crippen LogP contribution is -1.98. The van der Waals surface area contributed by atoms with Crippen LogP contribution >= 0.6 is 35.4 Å². The SMILES string of the molecule is Fc1cccc(COc2c(Cl)cc(/C=N\n3c(-c4ccccc4)n[nH]c3=S)cc2Cl)c1. The quantitative estimate of drug-likeness (QED) is 0.256. The van der Waals surface area contributed by atoms with Crippen molar-refractivity contribution < 1.29 is 9.13 Å². The Bertz CT molecular complexity index is 1280. The third kappa shape index (κ3) is 5.02. The normalized spacial score (nSPS) is 11.2. The lowest BCUT2D eigenvalue weighted by atomic mass is 10.2. The number of hydrogen-bond acceptors (Lipinski definition) is 4. The highest BCUT2D eigenvalue weighted by atomic mass is 35.5. The van der Waals surface area contributed by atoms with Crippen LogP contribution in [0.5, 0.6) is 5.75 Å². The van der Waals surface area contributed by atoms with Crippen LogP contribution in [0.25, 0.3) is 11.4 Å². The van der Waals surface area contributed by atoms with Gasteiger partial charge >= 0.3 is 0 Å². The molecule has 0 unspecified atom stereocenters. The minimum absolute atomic E-state index is 0.134. The van der Waals surface area contributed by atoms with E-state index in [2.05, 4.69) is 15.3 Å². The zero-order chi connectivity index (χ0) is 21.8. The van der Waals surface area contributed by atoms with Crippen molar-refractivity contribution >= 4 is 41.6 Å². The Labute approximate surface area is 192 Å². The number of hydrogen-bond donors (Lipinski definition) is 1. The van der Waals surface area contributed by atoms with E-state index >= 15 is 0 Å². The Morgan fingerprint density at radius 1 is 1.06 bits per heavy atom. The highest BCUT2D eigenvalue weighted by Gasteiger charge is 2.11. The molecule has 3 aromatic carbocycles. The number of ether oxygens (including phenoxy) is 1. The summed E-state index contributed by atoms with van der Waals surface area (Å²) in [5, 5.41) is 12.0. The Morgan fingerprint density at radius 3 is 2.52 bits per heavy atom. The minimum atomic E-state index is -0.336. The largest absolute Gasteiger partial charge is 0.486 e. The topological polar surface area (TPSA) is 55.2 Å². The van der Waals surface area contributed by atoms with E-state index in [1.165, 1.54) is 16.8 Å². The van der Waals surface area contributed by atoms with Crippen LogP contribution in [0.2, 0.25) is 10.0 Å². The molecule has 1 N–H and O–H groups in total. The molecule has 0 amide bonds. The van der Waals surface area contributed by atoms with Gasteiger partial charge in [-0.3, -0.25) is 0 Å². The van der Waals surface area contributed by atoms with Gasteiger partial charge in [0.25, 0.3) is 0 Å². The molecule has 156 valence electrons. The average molecular weight is 473 g/mol. The van der Waals surface area contributed by atoms with Gasteiger partial charge in [0, 0.05) is 5.56 Å². The van der Waals surface area contributed by atoms with Crippen LogP contribution in [0.15, 0.2) is 71.8 Å². The third-order valence-corrected chi connectivity index (χ3v) is 5.12. The van der Waals surface area contributed by atoms with E-state index in [0.29, 0.717) is 37.5 Å². The molecule has 31 heavy (non-hydrogen) atoms. The molecule has 0 saturated heterocycles. The summed E-state index contributed by atoms with van der Waals surface area (Å²) in [4.78, 5) is 0. The van der Waals surface area contributed by atoms with E-state index < -0.39 is 0 Å². The minimum Gasteiger partial charge on any atom is -0.486 e. The van der Waals surface area contributed by atoms with Crippen molar-refractivity contribution in [1.29, 1.82) is 0 Å². The molecule has 0 atom stereocenters. The van der Waals surface area contributed by atoms with Gasteiger partial charge in [-0.25, -0.2) is 9.49 Å². The van der Waals surface area contributed by atoms with Gasteiger partial charge in [0.2, 0.25) is 4.77 Å². The Kier molecular flexibility index (Phi) is 6.46. The van der Waals surface area contributed by atoms with Crippen LogP contribution in [0.4, 0.5) is 4.39 Å². The smallest absolute Gasteiger partial charge is 0.216 e. The second-order valence-corrected chi connectivity index (χ2v) is 7.71. The second kappa shape index (κ2) is 9.43. The molecule has 0 spiro atoms. The van der Waals surface area contributed by atoms with Crippen LogP contribution in [0.1, 0.15) is 11.1 Å². The molecular weight excluding hydrogens is 458 g/mol. The van der Waals surface area contributed by atoms with Crippen LogP contribution in [0.3, 0.4) is 0 Å². The van der Waals surface area contributed by atoms with Crippen molar-refractivity contribution in [2.75, 3.05) is 0 Å². The van der Waals surface area contributed by atoms with Gasteiger partial charge in [-0.15, -0.1) is 0 Å². The zero-order valence-electron chi connectivity index (χ0n) is 15.9. The van der Waals surface area contributed by atoms with E-state index in [4.69, 9.17) is 40.2 Å². The molecular formula is C22H15Cl2FN4OS. The maximum atomic E-state index is 13.3. The fraction of sp³-hybridized carbons (Fsp3) is 0.0455. The van der Waals surface area contributed by atoms with Crippen LogP contribution in [-0.4, -0.2) is 21.1 Å². The summed E-state index contributed by atoms with van der Waals surface area (Å²) in [6.07, 6.45) is 1.58. The first-order valence-electron chi connectivity index (χ1n) is 9.15. The summed E-state index contributed by atoms with van der Waals surface area (Å²) in [6, 6.07) is 19.0. The number of H-pyrrole nitrogens is 1. The number of aromatic amines is 1. The molecule has 0 aliphatic rings. The van der Waals surface area contributed by atoms with Crippen LogP contribution < -0.4 is 4.74 Å². The van der Waals surface area contributed by atoms with E-state index in [9.17, 15) is 4.39 Å². The molecule has 0 aliphatic carbocycles. The second-order valence-electron chi connectivity index (χ2n) is 6.51. The maximum absolute atomic E-state index is 13.3. The van der Waals surface area contributed by atoms with Crippen molar-refractivity contribution in [3.63, 3.8) is 0 Å². The monoisotopic (exact) mass is 472 g/mol. The van der Waals surface area contributed by atoms with Gasteiger partial charge < -0.3 is 4.74 Å². The molecule has 0 bridgehead atoms. The van der Waals surface area contributed by atoms with Gasteiger partial charge in [-0.1, -0.05) is 65.7 Å². The average Bonchev–Trinajstić information content (AvgIpc) is 3.12. The number of rotatable bonds is 6. The molecule has 4 aromatic rings. The number of aromatic nitrogens is 3. The van der Waals surface area contributed by atoms with Crippen LogP contribution in [-0.2, 0) is 6.61 Å². The molecule has 1 heterocycles. The first-order valence-corrected chi connectivity index (χ1v) is 10.3. The standard InChI is InChI=1S/C22H15Cl2FN4OS/c23-18-10-15(11-19(24)20(18)30-13-14-5-4-8-17(25)9-14)12-26-29-21(27-28-22(29)31)16-6-2-1-3-7-16/h1-12H,13H2,(H,28,31)/b26-12-. The molecule has 0 radical (unpaired) electrons. The number of halogens is 3. The van der Waals surface area contributed by atoms with Gasteiger partial charge in [-0.05, 0) is 47.6 Å². The summed E-state index contributed by atoms with van der Waals surface area (Å²) in [5.74, 6) is 0.557. The predicted molar refractivity (Wildman–Crippen MR) is 123 cm³/mol. The fourth-order valence-corrected chi connectivity index (χ4v) is 3.66. The molecule has 0 fully saturated rings. The number of nitrogens with one attached hydrogen (secondary N) is 1. The lowest BCUT2D eigenvalue weighted by molar-refractivity contribution is 0.306. The highest BCUT2D eigenvalue weighted by Crippen LogP contribution is 2.34. The lowest BCUT2D eigenvalue weighted by Gasteiger charge is -2.11. The number of nitrogens with zero attached hydrogens (tertiary/aromatic N) is 3. The molecule has 0 saturated carbocycles. The number of benzene rings is 3. The van der Waals surface area contributed by atoms with E-state index in [1.54, 1.807) is 30.5 Å². The van der Waals surface area contributed by atoms with Gasteiger partial charge in [0.05, 0.1) is 16.3 Å². The molecule has 9 heteroatoms. The van der Waals surface area contributed by atoms with Crippen molar-refractivity contribution in [3.8, 4) is 17.1 Å². The Balaban J connectivity index is 1.56. The molecule has 4 rings (SSSR count). The first-order chi connectivity index (χ1) is 15.0. The van der Waals surface area contributed by atoms with E-state index in [-0.39, 0.29) is 12.4 Å². The third-order valence-electron chi connectivity index (χ3n) is 4.30. The molecule has 5 nitrogen and oxygen atoms in total. The van der Waals surface area contributed by atoms with Gasteiger partial charge in [0.1, 0.15) is 12.4 Å². The fourth-order valence-electron chi connectivity index (χ4n) is 2.87. The summed E-state index contributed by atoms with van der Waals surface area (Å²) in [5.41, 5.74) is 2.18. The Morgan fingerprint density at radius 2 is 1.81 bits per heavy atom. The summed E-state index contributed by atoms with van der Waals surface area (Å²) >= 11 is 18.0. The Hall–Kier alpha value is -3.00. The highest BCUT2D eigenvalue weighted by molar-refractivity contribution is 7.71. The molecule has 1 aromatic heterocycles. The van der Waals surface area contributed by atoms with Crippen LogP contribution in [0, 0.1) is 10.6 Å². The van der Waals surface area contributed by atoms with Gasteiger partial charge in [-0.2, -0.15) is 14.9 Å². The van der Waals surface area contributed by atoms with E-state index in [1.807, 2.05) is 30.3 Å². The van der Waals surface area contributed by atoms with Crippen molar-refractivity contribution in [1.82, 2.24) is 14.9 Å². The van der Waals surface area contributed by atoms with Gasteiger partial charge in [0.15, 0.2) is 11.6 Å². The van der Waals surface area contributed by atoms with Crippen molar-refractivity contribution in [2.45, 2.75) is 6.61 Å². The predicted octanol–water partition coefficient (Wildman–Crippen LogP) is 6.51. The summed E-state index contributed by atoms with van der Waals surface area (Å²) in [6.45, 7) is 0.134. The molecule has 0 aliphatic heterocycles. The summed E-state index contributed by atoms with van der Waals surface area (Å²) in [7, 11) is 0. The van der Waals surface area contributed by atoms with E-state index in [0.717, 1.165) is 5.56 Å². The zero-order valence-corrected chi connectivity index (χ0v) is 18.3. The van der Waals surface area contributed by atoms with Crippen molar-refractivity contribution in [2.24, 2.45) is 5.10 Å². The summed E-state index contributed by atoms with van der Waals surface area (Å²) < 4.78 is 20.9. The first kappa shape index (κ1) is 21.2. The maximum Gasteiger partial charge on any atom is 0.216 e.